The molecule has 0 bridgehead atoms. The maximum absolute atomic E-state index is 12.5. The van der Waals surface area contributed by atoms with Crippen LogP contribution in [0.4, 0.5) is 0 Å². The molecule has 1 aliphatic heterocycles. The summed E-state index contributed by atoms with van der Waals surface area (Å²) >= 11 is 5.07. The van der Waals surface area contributed by atoms with Gasteiger partial charge in [0.15, 0.2) is 0 Å². The molecule has 1 unspecified atom stereocenters. The Morgan fingerprint density at radius 1 is 1.33 bits per heavy atom. The lowest BCUT2D eigenvalue weighted by Gasteiger charge is -2.46. The first-order valence-corrected chi connectivity index (χ1v) is 6.66. The Morgan fingerprint density at radius 2 is 1.94 bits per heavy atom. The van der Waals surface area contributed by atoms with Crippen molar-refractivity contribution in [2.45, 2.75) is 26.2 Å². The van der Waals surface area contributed by atoms with Crippen LogP contribution in [0.1, 0.15) is 26.2 Å². The highest BCUT2D eigenvalue weighted by atomic mass is 32.1. The number of hydrogen-bond donors (Lipinski definition) is 2. The molecule has 18 heavy (non-hydrogen) atoms. The number of primary amides is 1. The van der Waals surface area contributed by atoms with Crippen molar-refractivity contribution >= 4 is 29.0 Å². The molecule has 1 saturated carbocycles. The molecule has 6 heteroatoms. The van der Waals surface area contributed by atoms with Crippen molar-refractivity contribution in [1.82, 2.24) is 4.90 Å². The fraction of sp³-hybridized carbons (Fsp3) is 0.750. The minimum atomic E-state index is -0.665. The average Bonchev–Trinajstić information content (AvgIpc) is 2.72. The maximum Gasteiger partial charge on any atom is 0.235 e. The maximum atomic E-state index is 12.5. The topological polar surface area (TPSA) is 89.4 Å². The van der Waals surface area contributed by atoms with Crippen LogP contribution in [0.5, 0.6) is 0 Å². The smallest absolute Gasteiger partial charge is 0.235 e. The Labute approximate surface area is 112 Å². The molecule has 1 atom stereocenters. The second kappa shape index (κ2) is 4.50. The van der Waals surface area contributed by atoms with Crippen LogP contribution in [-0.2, 0) is 9.59 Å². The van der Waals surface area contributed by atoms with Gasteiger partial charge in [-0.1, -0.05) is 19.1 Å². The Hall–Kier alpha value is -1.17. The minimum absolute atomic E-state index is 0.0168. The zero-order valence-corrected chi connectivity index (χ0v) is 11.3. The standard InChI is InChI=1S/C12H19N3O2S/c1-7-4-12(5-7,10(14)18)11(17)15-3-2-8(6-15)9(13)16/h7-8H,2-6H2,1H3,(H2,13,16)(H2,14,18). The van der Waals surface area contributed by atoms with E-state index in [4.69, 9.17) is 23.7 Å². The van der Waals surface area contributed by atoms with Crippen LogP contribution in [0.3, 0.4) is 0 Å². The molecular formula is C12H19N3O2S. The Morgan fingerprint density at radius 3 is 2.33 bits per heavy atom. The molecule has 4 N–H and O–H groups in total. The number of nitrogens with zero attached hydrogens (tertiary/aromatic N) is 1. The average molecular weight is 269 g/mol. The Balaban J connectivity index is 2.08. The van der Waals surface area contributed by atoms with Gasteiger partial charge in [0.2, 0.25) is 11.8 Å². The zero-order valence-electron chi connectivity index (χ0n) is 10.5. The van der Waals surface area contributed by atoms with Crippen LogP contribution < -0.4 is 11.5 Å². The van der Waals surface area contributed by atoms with Crippen LogP contribution >= 0.6 is 12.2 Å². The fourth-order valence-electron chi connectivity index (χ4n) is 3.09. The predicted molar refractivity (Wildman–Crippen MR) is 71.5 cm³/mol. The SMILES string of the molecule is CC1CC(C(=O)N2CCC(C(N)=O)C2)(C(N)=S)C1. The van der Waals surface area contributed by atoms with Crippen molar-refractivity contribution in [3.8, 4) is 0 Å². The molecule has 0 spiro atoms. The van der Waals surface area contributed by atoms with Gasteiger partial charge in [-0.3, -0.25) is 9.59 Å². The van der Waals surface area contributed by atoms with Crippen LogP contribution in [0.2, 0.25) is 0 Å². The molecule has 2 aliphatic rings. The first kappa shape index (κ1) is 13.3. The summed E-state index contributed by atoms with van der Waals surface area (Å²) in [5.41, 5.74) is 10.4. The number of likely N-dealkylation sites (tertiary alicyclic amines) is 1. The Kier molecular flexibility index (Phi) is 3.31. The number of amides is 2. The van der Waals surface area contributed by atoms with E-state index >= 15 is 0 Å². The van der Waals surface area contributed by atoms with E-state index in [1.807, 2.05) is 0 Å². The predicted octanol–water partition coefficient (Wildman–Crippen LogP) is 0.0226. The number of rotatable bonds is 3. The van der Waals surface area contributed by atoms with Gasteiger partial charge in [-0.2, -0.15) is 0 Å². The first-order valence-electron chi connectivity index (χ1n) is 6.25. The van der Waals surface area contributed by atoms with Crippen molar-refractivity contribution < 1.29 is 9.59 Å². The molecule has 2 amide bonds. The van der Waals surface area contributed by atoms with Gasteiger partial charge in [-0.05, 0) is 25.2 Å². The molecule has 5 nitrogen and oxygen atoms in total. The van der Waals surface area contributed by atoms with E-state index in [-0.39, 0.29) is 22.7 Å². The number of carbonyl (C=O) groups is 2. The summed E-state index contributed by atoms with van der Waals surface area (Å²) in [4.78, 5) is 25.6. The van der Waals surface area contributed by atoms with E-state index in [0.717, 1.165) is 12.8 Å². The summed E-state index contributed by atoms with van der Waals surface area (Å²) in [5, 5.41) is 0. The third-order valence-electron chi connectivity index (χ3n) is 4.15. The summed E-state index contributed by atoms with van der Waals surface area (Å²) in [6.07, 6.45) is 2.09. The van der Waals surface area contributed by atoms with Crippen LogP contribution in [0, 0.1) is 17.3 Å². The van der Waals surface area contributed by atoms with E-state index in [2.05, 4.69) is 6.92 Å². The van der Waals surface area contributed by atoms with Gasteiger partial charge in [0.1, 0.15) is 0 Å². The molecule has 100 valence electrons. The molecule has 2 rings (SSSR count). The van der Waals surface area contributed by atoms with E-state index in [1.165, 1.54) is 0 Å². The molecule has 1 heterocycles. The van der Waals surface area contributed by atoms with Gasteiger partial charge >= 0.3 is 0 Å². The second-order valence-electron chi connectivity index (χ2n) is 5.60. The molecule has 0 aromatic carbocycles. The van der Waals surface area contributed by atoms with Gasteiger partial charge in [0.05, 0.1) is 16.3 Å². The zero-order chi connectivity index (χ0) is 13.5. The highest BCUT2D eigenvalue weighted by molar-refractivity contribution is 7.80. The third-order valence-corrected chi connectivity index (χ3v) is 4.54. The van der Waals surface area contributed by atoms with Gasteiger partial charge in [-0.15, -0.1) is 0 Å². The van der Waals surface area contributed by atoms with Gasteiger partial charge in [0.25, 0.3) is 0 Å². The molecule has 0 aromatic heterocycles. The molecule has 0 radical (unpaired) electrons. The lowest BCUT2D eigenvalue weighted by Crippen LogP contribution is -2.56. The van der Waals surface area contributed by atoms with Crippen molar-refractivity contribution in [2.75, 3.05) is 13.1 Å². The molecule has 1 aliphatic carbocycles. The summed E-state index contributed by atoms with van der Waals surface area (Å²) in [6, 6.07) is 0. The van der Waals surface area contributed by atoms with Crippen LogP contribution in [0.25, 0.3) is 0 Å². The van der Waals surface area contributed by atoms with Gasteiger partial charge < -0.3 is 16.4 Å². The van der Waals surface area contributed by atoms with E-state index in [9.17, 15) is 9.59 Å². The van der Waals surface area contributed by atoms with E-state index in [1.54, 1.807) is 4.90 Å². The van der Waals surface area contributed by atoms with Gasteiger partial charge in [0, 0.05) is 13.1 Å². The highest BCUT2D eigenvalue weighted by Crippen LogP contribution is 2.47. The number of thiocarbonyl (C=S) groups is 1. The summed E-state index contributed by atoms with van der Waals surface area (Å²) in [7, 11) is 0. The van der Waals surface area contributed by atoms with Crippen molar-refractivity contribution in [1.29, 1.82) is 0 Å². The fourth-order valence-corrected chi connectivity index (χ4v) is 3.34. The van der Waals surface area contributed by atoms with Crippen LogP contribution in [-0.4, -0.2) is 34.8 Å². The summed E-state index contributed by atoms with van der Waals surface area (Å²) in [6.45, 7) is 3.07. The monoisotopic (exact) mass is 269 g/mol. The number of hydrogen-bond acceptors (Lipinski definition) is 3. The largest absolute Gasteiger partial charge is 0.392 e. The van der Waals surface area contributed by atoms with E-state index in [0.29, 0.717) is 25.4 Å². The van der Waals surface area contributed by atoms with Crippen molar-refractivity contribution in [3.05, 3.63) is 0 Å². The third kappa shape index (κ3) is 1.98. The quantitative estimate of drug-likeness (QED) is 0.707. The normalized spacial score (nSPS) is 35.1. The lowest BCUT2D eigenvalue weighted by molar-refractivity contribution is -0.143. The molecule has 2 fully saturated rings. The van der Waals surface area contributed by atoms with E-state index < -0.39 is 5.41 Å². The molecule has 0 aromatic rings. The van der Waals surface area contributed by atoms with Crippen molar-refractivity contribution in [2.24, 2.45) is 28.7 Å². The van der Waals surface area contributed by atoms with Gasteiger partial charge in [-0.25, -0.2) is 0 Å². The summed E-state index contributed by atoms with van der Waals surface area (Å²) in [5.74, 6) is -0.103. The first-order chi connectivity index (χ1) is 8.36. The molecular weight excluding hydrogens is 250 g/mol. The van der Waals surface area contributed by atoms with Crippen LogP contribution in [0.15, 0.2) is 0 Å². The molecule has 1 saturated heterocycles. The number of nitrogens with two attached hydrogens (primary N) is 2. The second-order valence-corrected chi connectivity index (χ2v) is 6.04. The minimum Gasteiger partial charge on any atom is -0.392 e. The number of carbonyl (C=O) groups excluding carboxylic acids is 2. The van der Waals surface area contributed by atoms with Crippen molar-refractivity contribution in [3.63, 3.8) is 0 Å². The highest BCUT2D eigenvalue weighted by Gasteiger charge is 2.53. The summed E-state index contributed by atoms with van der Waals surface area (Å²) < 4.78 is 0. The lowest BCUT2D eigenvalue weighted by atomic mass is 9.61. The Bertz CT molecular complexity index is 404.